The van der Waals surface area contributed by atoms with Crippen molar-refractivity contribution >= 4 is 17.6 Å². The van der Waals surface area contributed by atoms with Crippen LogP contribution in [-0.2, 0) is 4.79 Å². The van der Waals surface area contributed by atoms with Gasteiger partial charge in [0.15, 0.2) is 0 Å². The molecule has 0 aliphatic heterocycles. The predicted molar refractivity (Wildman–Crippen MR) is 71.1 cm³/mol. The minimum Gasteiger partial charge on any atom is -0.481 e. The Labute approximate surface area is 107 Å². The van der Waals surface area contributed by atoms with Gasteiger partial charge in [0.2, 0.25) is 0 Å². The summed E-state index contributed by atoms with van der Waals surface area (Å²) in [6.07, 6.45) is 0.0212. The quantitative estimate of drug-likeness (QED) is 0.827. The predicted octanol–water partition coefficient (Wildman–Crippen LogP) is 1.52. The van der Waals surface area contributed by atoms with Crippen molar-refractivity contribution < 1.29 is 9.90 Å². The fourth-order valence-electron chi connectivity index (χ4n) is 1.61. The Balaban J connectivity index is 2.93. The Kier molecular flexibility index (Phi) is 4.11. The van der Waals surface area contributed by atoms with Gasteiger partial charge < -0.3 is 15.3 Å². The van der Waals surface area contributed by atoms with E-state index in [9.17, 15) is 4.79 Å². The molecule has 0 fully saturated rings. The lowest BCUT2D eigenvalue weighted by Gasteiger charge is -2.25. The van der Waals surface area contributed by atoms with Gasteiger partial charge in [0, 0.05) is 25.7 Å². The zero-order valence-corrected chi connectivity index (χ0v) is 11.5. The fraction of sp³-hybridized carbons (Fsp3) is 0.583. The third kappa shape index (κ3) is 4.20. The summed E-state index contributed by atoms with van der Waals surface area (Å²) in [5.74, 6) is 1.23. The first kappa shape index (κ1) is 14.2. The van der Waals surface area contributed by atoms with Gasteiger partial charge in [-0.1, -0.05) is 0 Å². The van der Waals surface area contributed by atoms with E-state index in [1.165, 1.54) is 0 Å². The molecule has 0 aliphatic carbocycles. The van der Waals surface area contributed by atoms with Crippen LogP contribution in [0.2, 0.25) is 0 Å². The third-order valence-electron chi connectivity index (χ3n) is 2.34. The molecule has 100 valence electrons. The second kappa shape index (κ2) is 5.20. The smallest absolute Gasteiger partial charge is 0.305 e. The van der Waals surface area contributed by atoms with E-state index in [-0.39, 0.29) is 6.42 Å². The van der Waals surface area contributed by atoms with Crippen molar-refractivity contribution in [3.05, 3.63) is 11.9 Å². The van der Waals surface area contributed by atoms with Crippen LogP contribution in [0.1, 0.15) is 26.1 Å². The monoisotopic (exact) mass is 252 g/mol. The lowest BCUT2D eigenvalue weighted by molar-refractivity contribution is -0.137. The van der Waals surface area contributed by atoms with Crippen LogP contribution >= 0.6 is 0 Å². The van der Waals surface area contributed by atoms with Crippen molar-refractivity contribution in [2.75, 3.05) is 24.3 Å². The van der Waals surface area contributed by atoms with Crippen molar-refractivity contribution in [2.45, 2.75) is 32.7 Å². The summed E-state index contributed by atoms with van der Waals surface area (Å²) < 4.78 is 0. The molecule has 0 saturated heterocycles. The summed E-state index contributed by atoms with van der Waals surface area (Å²) in [5, 5.41) is 12.0. The summed E-state index contributed by atoms with van der Waals surface area (Å²) in [5.41, 5.74) is -0.559. The summed E-state index contributed by atoms with van der Waals surface area (Å²) in [7, 11) is 3.79. The Hall–Kier alpha value is -1.85. The number of nitrogens with one attached hydrogen (secondary N) is 1. The Morgan fingerprint density at radius 3 is 2.56 bits per heavy atom. The first-order valence-electron chi connectivity index (χ1n) is 5.72. The average molecular weight is 252 g/mol. The number of carboxylic acid groups (broad SMARTS) is 1. The highest BCUT2D eigenvalue weighted by atomic mass is 16.4. The van der Waals surface area contributed by atoms with E-state index < -0.39 is 11.5 Å². The lowest BCUT2D eigenvalue weighted by atomic mass is 10.0. The minimum atomic E-state index is -0.842. The summed E-state index contributed by atoms with van der Waals surface area (Å²) in [4.78, 5) is 21.2. The standard InChI is InChI=1S/C12H20N4O2/c1-8-13-9(6-10(14-8)16(4)5)15-12(2,3)7-11(17)18/h6H,7H2,1-5H3,(H,17,18)(H,13,14,15). The number of hydrogen-bond acceptors (Lipinski definition) is 5. The van der Waals surface area contributed by atoms with E-state index in [1.807, 2.05) is 39.8 Å². The number of rotatable bonds is 5. The second-order valence-corrected chi connectivity index (χ2v) is 5.13. The first-order chi connectivity index (χ1) is 8.19. The van der Waals surface area contributed by atoms with Gasteiger partial charge in [-0.2, -0.15) is 0 Å². The van der Waals surface area contributed by atoms with E-state index in [1.54, 1.807) is 6.07 Å². The van der Waals surface area contributed by atoms with Crippen molar-refractivity contribution in [1.29, 1.82) is 0 Å². The number of aryl methyl sites for hydroxylation is 1. The fourth-order valence-corrected chi connectivity index (χ4v) is 1.61. The molecule has 0 saturated carbocycles. The van der Waals surface area contributed by atoms with Crippen molar-refractivity contribution in [3.63, 3.8) is 0 Å². The van der Waals surface area contributed by atoms with E-state index in [0.29, 0.717) is 11.6 Å². The van der Waals surface area contributed by atoms with Crippen molar-refractivity contribution in [1.82, 2.24) is 9.97 Å². The highest BCUT2D eigenvalue weighted by Gasteiger charge is 2.22. The van der Waals surface area contributed by atoms with Crippen LogP contribution in [0.25, 0.3) is 0 Å². The van der Waals surface area contributed by atoms with E-state index in [0.717, 1.165) is 5.82 Å². The topological polar surface area (TPSA) is 78.3 Å². The van der Waals surface area contributed by atoms with Gasteiger partial charge >= 0.3 is 5.97 Å². The molecule has 1 rings (SSSR count). The molecule has 0 radical (unpaired) electrons. The number of nitrogens with zero attached hydrogens (tertiary/aromatic N) is 3. The van der Waals surface area contributed by atoms with Crippen LogP contribution in [0, 0.1) is 6.92 Å². The highest BCUT2D eigenvalue weighted by molar-refractivity contribution is 5.69. The Bertz CT molecular complexity index is 444. The molecule has 18 heavy (non-hydrogen) atoms. The molecular weight excluding hydrogens is 232 g/mol. The number of carboxylic acids is 1. The van der Waals surface area contributed by atoms with Crippen LogP contribution in [0.4, 0.5) is 11.6 Å². The maximum Gasteiger partial charge on any atom is 0.305 e. The molecule has 1 aromatic heterocycles. The van der Waals surface area contributed by atoms with Crippen LogP contribution in [0.15, 0.2) is 6.07 Å². The van der Waals surface area contributed by atoms with Crippen molar-refractivity contribution in [2.24, 2.45) is 0 Å². The zero-order valence-electron chi connectivity index (χ0n) is 11.5. The van der Waals surface area contributed by atoms with Crippen LogP contribution < -0.4 is 10.2 Å². The number of carbonyl (C=O) groups is 1. The molecule has 0 atom stereocenters. The molecule has 6 nitrogen and oxygen atoms in total. The third-order valence-corrected chi connectivity index (χ3v) is 2.34. The van der Waals surface area contributed by atoms with E-state index in [4.69, 9.17) is 5.11 Å². The SMILES string of the molecule is Cc1nc(NC(C)(C)CC(=O)O)cc(N(C)C)n1. The first-order valence-corrected chi connectivity index (χ1v) is 5.72. The number of aliphatic carboxylic acids is 1. The Morgan fingerprint density at radius 1 is 1.44 bits per heavy atom. The maximum absolute atomic E-state index is 10.8. The molecule has 0 spiro atoms. The molecule has 0 aliphatic rings. The van der Waals surface area contributed by atoms with Crippen LogP contribution in [0.3, 0.4) is 0 Å². The molecule has 0 bridgehead atoms. The van der Waals surface area contributed by atoms with Gasteiger partial charge in [-0.25, -0.2) is 9.97 Å². The van der Waals surface area contributed by atoms with Crippen molar-refractivity contribution in [3.8, 4) is 0 Å². The summed E-state index contributed by atoms with van der Waals surface area (Å²) >= 11 is 0. The van der Waals surface area contributed by atoms with Gasteiger partial charge in [0.05, 0.1) is 6.42 Å². The number of aromatic nitrogens is 2. The molecule has 0 amide bonds. The molecular formula is C12H20N4O2. The lowest BCUT2D eigenvalue weighted by Crippen LogP contribution is -2.34. The summed E-state index contributed by atoms with van der Waals surface area (Å²) in [6, 6.07) is 1.80. The second-order valence-electron chi connectivity index (χ2n) is 5.13. The van der Waals surface area contributed by atoms with Gasteiger partial charge in [-0.3, -0.25) is 4.79 Å². The molecule has 0 aromatic carbocycles. The summed E-state index contributed by atoms with van der Waals surface area (Å²) in [6.45, 7) is 5.46. The molecule has 1 aromatic rings. The Morgan fingerprint density at radius 2 is 2.06 bits per heavy atom. The van der Waals surface area contributed by atoms with Crippen LogP contribution in [0.5, 0.6) is 0 Å². The normalized spacial score (nSPS) is 11.2. The van der Waals surface area contributed by atoms with Gasteiger partial charge in [-0.15, -0.1) is 0 Å². The van der Waals surface area contributed by atoms with E-state index >= 15 is 0 Å². The average Bonchev–Trinajstić information content (AvgIpc) is 2.12. The van der Waals surface area contributed by atoms with Crippen LogP contribution in [-0.4, -0.2) is 40.7 Å². The molecule has 6 heteroatoms. The maximum atomic E-state index is 10.8. The van der Waals surface area contributed by atoms with E-state index in [2.05, 4.69) is 15.3 Å². The van der Waals surface area contributed by atoms with Gasteiger partial charge in [0.25, 0.3) is 0 Å². The van der Waals surface area contributed by atoms with Gasteiger partial charge in [0.1, 0.15) is 17.5 Å². The molecule has 0 unspecified atom stereocenters. The molecule has 1 heterocycles. The minimum absolute atomic E-state index is 0.0212. The van der Waals surface area contributed by atoms with Gasteiger partial charge in [-0.05, 0) is 20.8 Å². The number of hydrogen-bond donors (Lipinski definition) is 2. The zero-order chi connectivity index (χ0) is 13.9. The molecule has 2 N–H and O–H groups in total. The largest absolute Gasteiger partial charge is 0.481 e. The highest BCUT2D eigenvalue weighted by Crippen LogP contribution is 2.19. The number of anilines is 2.